The third-order valence-electron chi connectivity index (χ3n) is 4.78. The molecule has 1 saturated heterocycles. The van der Waals surface area contributed by atoms with Gasteiger partial charge in [-0.3, -0.25) is 14.6 Å². The van der Waals surface area contributed by atoms with E-state index in [0.29, 0.717) is 29.3 Å². The zero-order chi connectivity index (χ0) is 18.5. The summed E-state index contributed by atoms with van der Waals surface area (Å²) >= 11 is 0. The summed E-state index contributed by atoms with van der Waals surface area (Å²) in [6.45, 7) is 3.42. The lowest BCUT2D eigenvalue weighted by molar-refractivity contribution is 0.0660. The number of carbonyl (C=O) groups is 2. The van der Waals surface area contributed by atoms with Crippen LogP contribution in [0.15, 0.2) is 48.8 Å². The average molecular weight is 352 g/mol. The summed E-state index contributed by atoms with van der Waals surface area (Å²) < 4.78 is 0. The summed E-state index contributed by atoms with van der Waals surface area (Å²) in [7, 11) is 0. The topological polar surface area (TPSA) is 88.3 Å². The summed E-state index contributed by atoms with van der Waals surface area (Å²) in [5.41, 5.74) is 7.64. The number of hydrogen-bond acceptors (Lipinski definition) is 4. The van der Waals surface area contributed by atoms with Gasteiger partial charge in [0, 0.05) is 42.8 Å². The van der Waals surface area contributed by atoms with E-state index in [-0.39, 0.29) is 17.9 Å². The minimum atomic E-state index is -0.252. The molecule has 1 aromatic carbocycles. The van der Waals surface area contributed by atoms with Crippen LogP contribution in [0, 0.1) is 5.92 Å². The largest absolute Gasteiger partial charge is 0.338 e. The minimum Gasteiger partial charge on any atom is -0.338 e. The Morgan fingerprint density at radius 3 is 2.81 bits per heavy atom. The van der Waals surface area contributed by atoms with E-state index >= 15 is 0 Å². The third kappa shape index (κ3) is 4.26. The highest BCUT2D eigenvalue weighted by atomic mass is 16.2. The average Bonchev–Trinajstić information content (AvgIpc) is 2.68. The molecule has 2 unspecified atom stereocenters. The van der Waals surface area contributed by atoms with Crippen molar-refractivity contribution in [3.05, 3.63) is 59.9 Å². The second-order valence-corrected chi connectivity index (χ2v) is 6.79. The van der Waals surface area contributed by atoms with Gasteiger partial charge in [-0.15, -0.1) is 0 Å². The van der Waals surface area contributed by atoms with Crippen molar-refractivity contribution >= 4 is 17.5 Å². The molecule has 3 rings (SSSR count). The molecule has 2 atom stereocenters. The molecule has 136 valence electrons. The number of anilines is 1. The fourth-order valence-electron chi connectivity index (χ4n) is 3.24. The number of benzene rings is 1. The van der Waals surface area contributed by atoms with Crippen LogP contribution in [-0.2, 0) is 0 Å². The van der Waals surface area contributed by atoms with Crippen LogP contribution >= 0.6 is 0 Å². The van der Waals surface area contributed by atoms with Crippen molar-refractivity contribution in [2.24, 2.45) is 11.7 Å². The second-order valence-electron chi connectivity index (χ2n) is 6.79. The van der Waals surface area contributed by atoms with Crippen LogP contribution in [0.2, 0.25) is 0 Å². The van der Waals surface area contributed by atoms with Crippen LogP contribution in [0.25, 0.3) is 0 Å². The molecule has 0 bridgehead atoms. The third-order valence-corrected chi connectivity index (χ3v) is 4.78. The van der Waals surface area contributed by atoms with Gasteiger partial charge >= 0.3 is 0 Å². The molecule has 2 amide bonds. The van der Waals surface area contributed by atoms with Gasteiger partial charge in [-0.05, 0) is 56.0 Å². The van der Waals surface area contributed by atoms with Gasteiger partial charge < -0.3 is 16.0 Å². The molecule has 0 aliphatic carbocycles. The number of likely N-dealkylation sites (tertiary alicyclic amines) is 1. The fraction of sp³-hybridized carbons (Fsp3) is 0.350. The number of pyridine rings is 1. The van der Waals surface area contributed by atoms with Crippen molar-refractivity contribution in [3.63, 3.8) is 0 Å². The molecule has 1 aliphatic heterocycles. The van der Waals surface area contributed by atoms with Gasteiger partial charge in [-0.25, -0.2) is 0 Å². The van der Waals surface area contributed by atoms with Crippen molar-refractivity contribution in [2.75, 3.05) is 18.4 Å². The molecule has 0 spiro atoms. The Morgan fingerprint density at radius 2 is 2.08 bits per heavy atom. The Labute approximate surface area is 153 Å². The molecule has 6 nitrogen and oxygen atoms in total. The zero-order valence-corrected chi connectivity index (χ0v) is 14.9. The maximum atomic E-state index is 12.8. The number of hydrogen-bond donors (Lipinski definition) is 2. The maximum absolute atomic E-state index is 12.8. The molecule has 2 aromatic rings. The summed E-state index contributed by atoms with van der Waals surface area (Å²) in [6, 6.07) is 10.5. The Hall–Kier alpha value is -2.73. The van der Waals surface area contributed by atoms with Crippen LogP contribution in [-0.4, -0.2) is 40.8 Å². The smallest absolute Gasteiger partial charge is 0.257 e. The molecule has 1 fully saturated rings. The van der Waals surface area contributed by atoms with Gasteiger partial charge in [0.15, 0.2) is 0 Å². The Balaban J connectivity index is 1.70. The minimum absolute atomic E-state index is 0.0205. The van der Waals surface area contributed by atoms with Gasteiger partial charge in [0.1, 0.15) is 0 Å². The van der Waals surface area contributed by atoms with Crippen molar-refractivity contribution in [1.82, 2.24) is 9.88 Å². The number of piperidine rings is 1. The first-order valence-corrected chi connectivity index (χ1v) is 8.91. The molecular weight excluding hydrogens is 328 g/mol. The first-order valence-electron chi connectivity index (χ1n) is 8.91. The SMILES string of the molecule is CC(N)C1CCCN(C(=O)c2cccc(NC(=O)c3cccnc3)c2)C1. The number of nitrogens with one attached hydrogen (secondary N) is 1. The van der Waals surface area contributed by atoms with Gasteiger partial charge in [0.05, 0.1) is 5.56 Å². The molecular formula is C20H24N4O2. The normalized spacial score (nSPS) is 18.2. The quantitative estimate of drug-likeness (QED) is 0.885. The molecule has 2 heterocycles. The summed E-state index contributed by atoms with van der Waals surface area (Å²) in [5, 5.41) is 2.81. The van der Waals surface area contributed by atoms with Crippen LogP contribution in [0.5, 0.6) is 0 Å². The first-order chi connectivity index (χ1) is 12.5. The predicted molar refractivity (Wildman–Crippen MR) is 101 cm³/mol. The van der Waals surface area contributed by atoms with Gasteiger partial charge in [0.2, 0.25) is 0 Å². The Morgan fingerprint density at radius 1 is 1.27 bits per heavy atom. The zero-order valence-electron chi connectivity index (χ0n) is 14.9. The van der Waals surface area contributed by atoms with Crippen molar-refractivity contribution in [1.29, 1.82) is 0 Å². The second kappa shape index (κ2) is 8.10. The van der Waals surface area contributed by atoms with Crippen LogP contribution in [0.1, 0.15) is 40.5 Å². The van der Waals surface area contributed by atoms with E-state index in [1.165, 1.54) is 6.20 Å². The number of rotatable bonds is 4. The van der Waals surface area contributed by atoms with E-state index in [1.807, 2.05) is 11.8 Å². The summed E-state index contributed by atoms with van der Waals surface area (Å²) in [5.74, 6) is 0.0617. The fourth-order valence-corrected chi connectivity index (χ4v) is 3.24. The van der Waals surface area contributed by atoms with Crippen molar-refractivity contribution in [3.8, 4) is 0 Å². The number of nitrogens with two attached hydrogens (primary N) is 1. The lowest BCUT2D eigenvalue weighted by Crippen LogP contribution is -2.45. The lowest BCUT2D eigenvalue weighted by Gasteiger charge is -2.34. The lowest BCUT2D eigenvalue weighted by atomic mass is 9.92. The van der Waals surface area contributed by atoms with Crippen LogP contribution in [0.4, 0.5) is 5.69 Å². The summed E-state index contributed by atoms with van der Waals surface area (Å²) in [4.78, 5) is 30.9. The molecule has 0 saturated carbocycles. The first kappa shape index (κ1) is 18.1. The van der Waals surface area contributed by atoms with E-state index in [0.717, 1.165) is 19.4 Å². The number of carbonyl (C=O) groups excluding carboxylic acids is 2. The highest BCUT2D eigenvalue weighted by Gasteiger charge is 2.26. The van der Waals surface area contributed by atoms with Crippen LogP contribution in [0.3, 0.4) is 0 Å². The van der Waals surface area contributed by atoms with E-state index in [4.69, 9.17) is 5.73 Å². The standard InChI is InChI=1S/C20H24N4O2/c1-14(21)17-7-4-10-24(13-17)20(26)15-5-2-8-18(11-15)23-19(25)16-6-3-9-22-12-16/h2-3,5-6,8-9,11-12,14,17H,4,7,10,13,21H2,1H3,(H,23,25). The Kier molecular flexibility index (Phi) is 5.63. The van der Waals surface area contributed by atoms with Crippen molar-refractivity contribution < 1.29 is 9.59 Å². The van der Waals surface area contributed by atoms with E-state index in [9.17, 15) is 9.59 Å². The maximum Gasteiger partial charge on any atom is 0.257 e. The molecule has 0 radical (unpaired) electrons. The molecule has 6 heteroatoms. The molecule has 3 N–H and O–H groups in total. The van der Waals surface area contributed by atoms with Crippen LogP contribution < -0.4 is 11.1 Å². The highest BCUT2D eigenvalue weighted by molar-refractivity contribution is 6.04. The number of amides is 2. The van der Waals surface area contributed by atoms with Crippen molar-refractivity contribution in [2.45, 2.75) is 25.8 Å². The summed E-state index contributed by atoms with van der Waals surface area (Å²) in [6.07, 6.45) is 5.15. The number of aromatic nitrogens is 1. The van der Waals surface area contributed by atoms with E-state index in [2.05, 4.69) is 10.3 Å². The molecule has 26 heavy (non-hydrogen) atoms. The highest BCUT2D eigenvalue weighted by Crippen LogP contribution is 2.21. The van der Waals surface area contributed by atoms with Gasteiger partial charge in [0.25, 0.3) is 11.8 Å². The number of nitrogens with zero attached hydrogens (tertiary/aromatic N) is 2. The Bertz CT molecular complexity index is 776. The van der Waals surface area contributed by atoms with E-state index in [1.54, 1.807) is 42.6 Å². The predicted octanol–water partition coefficient (Wildman–Crippen LogP) is 2.53. The van der Waals surface area contributed by atoms with E-state index < -0.39 is 0 Å². The van der Waals surface area contributed by atoms with Gasteiger partial charge in [-0.2, -0.15) is 0 Å². The van der Waals surface area contributed by atoms with Gasteiger partial charge in [-0.1, -0.05) is 6.07 Å². The molecule has 1 aliphatic rings. The molecule has 1 aromatic heterocycles. The monoisotopic (exact) mass is 352 g/mol.